The molecule has 1 amide bonds. The molecular formula is C23H16FN5O3. The van der Waals surface area contributed by atoms with Crippen molar-refractivity contribution in [3.8, 4) is 17.2 Å². The number of nitrogens with zero attached hydrogens (tertiary/aromatic N) is 3. The molecule has 5 aromatic rings. The van der Waals surface area contributed by atoms with Gasteiger partial charge in [-0.15, -0.1) is 0 Å². The zero-order valence-electron chi connectivity index (χ0n) is 16.6. The number of carbonyl (C=O) groups is 1. The van der Waals surface area contributed by atoms with Gasteiger partial charge in [-0.3, -0.25) is 10.2 Å². The first-order valence-corrected chi connectivity index (χ1v) is 9.65. The lowest BCUT2D eigenvalue weighted by molar-refractivity contribution is -0.118. The van der Waals surface area contributed by atoms with Crippen LogP contribution < -0.4 is 15.4 Å². The van der Waals surface area contributed by atoms with E-state index in [2.05, 4.69) is 15.3 Å². The first-order valence-electron chi connectivity index (χ1n) is 9.65. The summed E-state index contributed by atoms with van der Waals surface area (Å²) in [7, 11) is 0. The molecule has 4 aromatic heterocycles. The Bertz CT molecular complexity index is 1510. The van der Waals surface area contributed by atoms with Crippen LogP contribution in [0.15, 0.2) is 77.7 Å². The van der Waals surface area contributed by atoms with Crippen molar-refractivity contribution in [2.24, 2.45) is 0 Å². The van der Waals surface area contributed by atoms with Gasteiger partial charge in [-0.1, -0.05) is 0 Å². The molecule has 0 aliphatic rings. The van der Waals surface area contributed by atoms with Crippen LogP contribution in [0.3, 0.4) is 0 Å². The Morgan fingerprint density at radius 1 is 1.16 bits per heavy atom. The van der Waals surface area contributed by atoms with Crippen molar-refractivity contribution < 1.29 is 18.3 Å². The lowest BCUT2D eigenvalue weighted by Crippen LogP contribution is -2.20. The van der Waals surface area contributed by atoms with E-state index in [1.807, 2.05) is 28.8 Å². The molecule has 0 atom stereocenters. The molecular weight excluding hydrogens is 413 g/mol. The first kappa shape index (κ1) is 19.4. The monoisotopic (exact) mass is 429 g/mol. The average Bonchev–Trinajstić information content (AvgIpc) is 3.27. The number of benzene rings is 1. The number of halogens is 1. The van der Waals surface area contributed by atoms with Crippen LogP contribution in [0.2, 0.25) is 0 Å². The number of carbonyl (C=O) groups excluding carboxylic acids is 1. The van der Waals surface area contributed by atoms with Crippen LogP contribution in [0, 0.1) is 11.2 Å². The topological polar surface area (TPSA) is 106 Å². The molecule has 0 aliphatic carbocycles. The minimum atomic E-state index is -0.489. The molecule has 9 heteroatoms. The van der Waals surface area contributed by atoms with Gasteiger partial charge in [0.1, 0.15) is 28.7 Å². The van der Waals surface area contributed by atoms with Crippen molar-refractivity contribution in [2.45, 2.75) is 0 Å². The molecule has 0 spiro atoms. The van der Waals surface area contributed by atoms with Crippen molar-refractivity contribution in [1.82, 2.24) is 14.4 Å². The smallest absolute Gasteiger partial charge is 0.263 e. The third-order valence-corrected chi connectivity index (χ3v) is 4.77. The summed E-state index contributed by atoms with van der Waals surface area (Å²) in [6, 6.07) is 14.9. The third-order valence-electron chi connectivity index (χ3n) is 4.77. The molecule has 0 aliphatic heterocycles. The minimum absolute atomic E-state index is 0.227. The quantitative estimate of drug-likeness (QED) is 0.442. The maximum absolute atomic E-state index is 12.9. The highest BCUT2D eigenvalue weighted by Gasteiger charge is 2.10. The molecule has 0 saturated heterocycles. The van der Waals surface area contributed by atoms with Gasteiger partial charge in [0.05, 0.1) is 17.9 Å². The van der Waals surface area contributed by atoms with Crippen LogP contribution in [-0.2, 0) is 4.79 Å². The van der Waals surface area contributed by atoms with E-state index in [0.717, 1.165) is 11.7 Å². The van der Waals surface area contributed by atoms with Crippen molar-refractivity contribution >= 4 is 28.2 Å². The summed E-state index contributed by atoms with van der Waals surface area (Å²) in [5.74, 6) is 0.179. The minimum Gasteiger partial charge on any atom is -0.484 e. The Morgan fingerprint density at radius 3 is 2.91 bits per heavy atom. The van der Waals surface area contributed by atoms with E-state index < -0.39 is 11.7 Å². The second-order valence-corrected chi connectivity index (χ2v) is 7.00. The summed E-state index contributed by atoms with van der Waals surface area (Å²) in [5, 5.41) is 11.7. The number of aromatic nitrogens is 3. The third kappa shape index (κ3) is 3.91. The van der Waals surface area contributed by atoms with E-state index in [9.17, 15) is 9.18 Å². The number of pyridine rings is 1. The Balaban J connectivity index is 1.34. The van der Waals surface area contributed by atoms with Gasteiger partial charge in [0.25, 0.3) is 5.91 Å². The second kappa shape index (κ2) is 7.95. The molecule has 0 radical (unpaired) electrons. The molecule has 32 heavy (non-hydrogen) atoms. The zero-order chi connectivity index (χ0) is 22.1. The van der Waals surface area contributed by atoms with E-state index in [1.54, 1.807) is 30.6 Å². The Hall–Kier alpha value is -4.53. The number of fused-ring (bicyclic) bond motifs is 2. The van der Waals surface area contributed by atoms with E-state index in [-0.39, 0.29) is 17.8 Å². The number of rotatable bonds is 5. The Kier molecular flexibility index (Phi) is 4.83. The largest absolute Gasteiger partial charge is 0.484 e. The molecule has 4 heterocycles. The molecule has 5 rings (SSSR count). The predicted molar refractivity (Wildman–Crippen MR) is 115 cm³/mol. The van der Waals surface area contributed by atoms with Crippen molar-refractivity contribution in [3.05, 3.63) is 84.5 Å². The van der Waals surface area contributed by atoms with Crippen LogP contribution in [-0.4, -0.2) is 26.9 Å². The SMILES string of the molecule is N=c1cc(-c2cc3cccn3cn2)oc2ccc(OCC(=O)Nc3ccc(F)cn3)cc12. The highest BCUT2D eigenvalue weighted by Crippen LogP contribution is 2.24. The van der Waals surface area contributed by atoms with Gasteiger partial charge >= 0.3 is 0 Å². The average molecular weight is 429 g/mol. The number of nitrogens with one attached hydrogen (secondary N) is 2. The van der Waals surface area contributed by atoms with E-state index >= 15 is 0 Å². The second-order valence-electron chi connectivity index (χ2n) is 7.00. The summed E-state index contributed by atoms with van der Waals surface area (Å²) in [5.41, 5.74) is 2.09. The molecule has 158 valence electrons. The Labute approximate surface area is 180 Å². The van der Waals surface area contributed by atoms with E-state index in [1.165, 1.54) is 12.1 Å². The number of ether oxygens (including phenoxy) is 1. The standard InChI is InChI=1S/C23H16FN5O3/c24-14-3-6-22(26-11-14)28-23(30)12-31-16-4-5-20-17(9-16)18(25)10-21(32-20)19-8-15-2-1-7-29(15)13-27-19/h1-11,13,25H,12H2,(H,26,28,30). The summed E-state index contributed by atoms with van der Waals surface area (Å²) in [4.78, 5) is 20.2. The van der Waals surface area contributed by atoms with Crippen LogP contribution in [0.4, 0.5) is 10.2 Å². The number of hydrogen-bond donors (Lipinski definition) is 2. The fraction of sp³-hybridized carbons (Fsp3) is 0.0435. The lowest BCUT2D eigenvalue weighted by atomic mass is 10.2. The molecule has 0 fully saturated rings. The fourth-order valence-electron chi connectivity index (χ4n) is 3.23. The lowest BCUT2D eigenvalue weighted by Gasteiger charge is -2.09. The number of amides is 1. The number of hydrogen-bond acceptors (Lipinski definition) is 6. The summed E-state index contributed by atoms with van der Waals surface area (Å²) < 4.78 is 26.3. The maximum Gasteiger partial charge on any atom is 0.263 e. The Morgan fingerprint density at radius 2 is 2.06 bits per heavy atom. The number of anilines is 1. The highest BCUT2D eigenvalue weighted by atomic mass is 19.1. The van der Waals surface area contributed by atoms with Gasteiger partial charge in [0.15, 0.2) is 12.4 Å². The molecule has 0 unspecified atom stereocenters. The summed E-state index contributed by atoms with van der Waals surface area (Å²) in [6.07, 6.45) is 4.61. The summed E-state index contributed by atoms with van der Waals surface area (Å²) in [6.45, 7) is -0.269. The van der Waals surface area contributed by atoms with Crippen LogP contribution in [0.5, 0.6) is 5.75 Å². The maximum atomic E-state index is 12.9. The molecule has 0 bridgehead atoms. The molecule has 8 nitrogen and oxygen atoms in total. The molecule has 0 saturated carbocycles. The predicted octanol–water partition coefficient (Wildman–Crippen LogP) is 3.78. The first-order chi connectivity index (χ1) is 15.5. The van der Waals surface area contributed by atoms with E-state index in [0.29, 0.717) is 28.2 Å². The van der Waals surface area contributed by atoms with Crippen LogP contribution in [0.1, 0.15) is 0 Å². The zero-order valence-corrected chi connectivity index (χ0v) is 16.6. The van der Waals surface area contributed by atoms with Gasteiger partial charge in [0.2, 0.25) is 0 Å². The van der Waals surface area contributed by atoms with Crippen LogP contribution in [0.25, 0.3) is 27.9 Å². The normalized spacial score (nSPS) is 11.0. The van der Waals surface area contributed by atoms with Gasteiger partial charge in [-0.2, -0.15) is 0 Å². The van der Waals surface area contributed by atoms with Gasteiger partial charge in [-0.25, -0.2) is 14.4 Å². The van der Waals surface area contributed by atoms with Crippen molar-refractivity contribution in [3.63, 3.8) is 0 Å². The van der Waals surface area contributed by atoms with Gasteiger partial charge < -0.3 is 18.9 Å². The van der Waals surface area contributed by atoms with Crippen molar-refractivity contribution in [2.75, 3.05) is 11.9 Å². The highest BCUT2D eigenvalue weighted by molar-refractivity contribution is 5.91. The van der Waals surface area contributed by atoms with Gasteiger partial charge in [-0.05, 0) is 48.5 Å². The molecule has 2 N–H and O–H groups in total. The van der Waals surface area contributed by atoms with Crippen LogP contribution >= 0.6 is 0 Å². The summed E-state index contributed by atoms with van der Waals surface area (Å²) >= 11 is 0. The fourth-order valence-corrected chi connectivity index (χ4v) is 3.23. The van der Waals surface area contributed by atoms with E-state index in [4.69, 9.17) is 14.6 Å². The van der Waals surface area contributed by atoms with Gasteiger partial charge in [0, 0.05) is 23.2 Å². The molecule has 1 aromatic carbocycles. The van der Waals surface area contributed by atoms with Crippen molar-refractivity contribution in [1.29, 1.82) is 5.41 Å².